The Bertz CT molecular complexity index is 378. The van der Waals surface area contributed by atoms with Gasteiger partial charge in [0, 0.05) is 0 Å². The summed E-state index contributed by atoms with van der Waals surface area (Å²) in [5, 5.41) is 0. The fraction of sp³-hybridized carbons (Fsp3) is 0.600. The molecule has 0 amide bonds. The summed E-state index contributed by atoms with van der Waals surface area (Å²) in [5.74, 6) is 0. The Morgan fingerprint density at radius 1 is 1.33 bits per heavy atom. The molecule has 0 aromatic heterocycles. The molecule has 3 atom stereocenters. The first-order valence-corrected chi connectivity index (χ1v) is 6.64. The molecule has 18 heavy (non-hydrogen) atoms. The minimum absolute atomic E-state index is 0.0332. The van der Waals surface area contributed by atoms with Crippen LogP contribution in [0.1, 0.15) is 31.4 Å². The average Bonchev–Trinajstić information content (AvgIpc) is 2.39. The lowest BCUT2D eigenvalue weighted by Crippen LogP contribution is -2.43. The van der Waals surface area contributed by atoms with Gasteiger partial charge < -0.3 is 14.2 Å². The van der Waals surface area contributed by atoms with Gasteiger partial charge >= 0.3 is 0 Å². The van der Waals surface area contributed by atoms with Crippen molar-refractivity contribution in [1.82, 2.24) is 0 Å². The number of benzene rings is 1. The first-order valence-electron chi connectivity index (χ1n) is 6.64. The molecular formula is C15H22O3. The lowest BCUT2D eigenvalue weighted by Gasteiger charge is -2.34. The van der Waals surface area contributed by atoms with Crippen LogP contribution in [0, 0.1) is 6.92 Å². The van der Waals surface area contributed by atoms with Crippen LogP contribution in [0.5, 0.6) is 0 Å². The van der Waals surface area contributed by atoms with Gasteiger partial charge in [-0.3, -0.25) is 0 Å². The minimum Gasteiger partial charge on any atom is -0.368 e. The molecule has 3 nitrogen and oxygen atoms in total. The summed E-state index contributed by atoms with van der Waals surface area (Å²) in [6, 6.07) is 8.29. The van der Waals surface area contributed by atoms with E-state index in [0.717, 1.165) is 6.42 Å². The summed E-state index contributed by atoms with van der Waals surface area (Å²) in [4.78, 5) is 0. The molecule has 0 spiro atoms. The summed E-state index contributed by atoms with van der Waals surface area (Å²) in [6.07, 6.45) is 1.00. The molecule has 0 saturated carbocycles. The van der Waals surface area contributed by atoms with Gasteiger partial charge in [-0.25, -0.2) is 0 Å². The third kappa shape index (κ3) is 3.31. The van der Waals surface area contributed by atoms with Gasteiger partial charge in [-0.1, -0.05) is 31.2 Å². The molecule has 100 valence electrons. The molecule has 0 aliphatic carbocycles. The van der Waals surface area contributed by atoms with E-state index in [1.54, 1.807) is 0 Å². The van der Waals surface area contributed by atoms with Gasteiger partial charge in [0.2, 0.25) is 0 Å². The topological polar surface area (TPSA) is 27.7 Å². The van der Waals surface area contributed by atoms with Crippen LogP contribution in [-0.4, -0.2) is 25.1 Å². The molecule has 1 heterocycles. The van der Waals surface area contributed by atoms with Crippen molar-refractivity contribution in [1.29, 1.82) is 0 Å². The lowest BCUT2D eigenvalue weighted by molar-refractivity contribution is -0.256. The van der Waals surface area contributed by atoms with Crippen LogP contribution in [0.3, 0.4) is 0 Å². The Hall–Kier alpha value is -0.900. The van der Waals surface area contributed by atoms with Crippen LogP contribution in [0.4, 0.5) is 0 Å². The normalized spacial score (nSPS) is 28.3. The molecule has 2 rings (SSSR count). The Balaban J connectivity index is 1.91. The van der Waals surface area contributed by atoms with Crippen molar-refractivity contribution in [3.05, 3.63) is 35.4 Å². The second kappa shape index (κ2) is 6.32. The minimum atomic E-state index is -0.117. The summed E-state index contributed by atoms with van der Waals surface area (Å²) in [7, 11) is 0. The number of hydrogen-bond donors (Lipinski definition) is 0. The third-order valence-corrected chi connectivity index (χ3v) is 3.39. The lowest BCUT2D eigenvalue weighted by atomic mass is 10.1. The van der Waals surface area contributed by atoms with E-state index in [2.05, 4.69) is 26.0 Å². The molecule has 0 N–H and O–H groups in total. The van der Waals surface area contributed by atoms with E-state index in [9.17, 15) is 0 Å². The van der Waals surface area contributed by atoms with Crippen LogP contribution in [0.2, 0.25) is 0 Å². The van der Waals surface area contributed by atoms with E-state index in [4.69, 9.17) is 14.2 Å². The third-order valence-electron chi connectivity index (χ3n) is 3.39. The maximum absolute atomic E-state index is 5.95. The van der Waals surface area contributed by atoms with E-state index in [0.29, 0.717) is 13.2 Å². The van der Waals surface area contributed by atoms with Crippen LogP contribution in [0.15, 0.2) is 24.3 Å². The quantitative estimate of drug-likeness (QED) is 0.822. The van der Waals surface area contributed by atoms with Crippen LogP contribution < -0.4 is 0 Å². The summed E-state index contributed by atoms with van der Waals surface area (Å²) < 4.78 is 17.2. The SMILES string of the molecule is CC[C@H]1O[C@@H](C)OC[C@H]1OCc1ccccc1C. The molecule has 1 aliphatic heterocycles. The fourth-order valence-electron chi connectivity index (χ4n) is 2.19. The maximum atomic E-state index is 5.95. The first kappa shape index (κ1) is 13.5. The fourth-order valence-corrected chi connectivity index (χ4v) is 2.19. The highest BCUT2D eigenvalue weighted by Gasteiger charge is 2.29. The van der Waals surface area contributed by atoms with Crippen LogP contribution in [0.25, 0.3) is 0 Å². The van der Waals surface area contributed by atoms with Gasteiger partial charge in [-0.15, -0.1) is 0 Å². The summed E-state index contributed by atoms with van der Waals surface area (Å²) >= 11 is 0. The molecule has 1 fully saturated rings. The molecule has 1 saturated heterocycles. The molecular weight excluding hydrogens is 228 g/mol. The molecule has 0 unspecified atom stereocenters. The van der Waals surface area contributed by atoms with E-state index in [1.165, 1.54) is 11.1 Å². The molecule has 1 aromatic rings. The van der Waals surface area contributed by atoms with Crippen molar-refractivity contribution >= 4 is 0 Å². The Kier molecular flexibility index (Phi) is 4.75. The molecule has 1 aromatic carbocycles. The monoisotopic (exact) mass is 250 g/mol. The van der Waals surface area contributed by atoms with Gasteiger partial charge in [0.25, 0.3) is 0 Å². The van der Waals surface area contributed by atoms with Crippen molar-refractivity contribution in [2.24, 2.45) is 0 Å². The predicted molar refractivity (Wildman–Crippen MR) is 70.3 cm³/mol. The number of aryl methyl sites for hydroxylation is 1. The summed E-state index contributed by atoms with van der Waals surface area (Å²) in [5.41, 5.74) is 2.49. The van der Waals surface area contributed by atoms with E-state index in [1.807, 2.05) is 19.1 Å². The molecule has 3 heteroatoms. The first-order chi connectivity index (χ1) is 8.70. The Morgan fingerprint density at radius 2 is 2.11 bits per heavy atom. The van der Waals surface area contributed by atoms with Gasteiger partial charge in [0.1, 0.15) is 6.10 Å². The van der Waals surface area contributed by atoms with Crippen LogP contribution >= 0.6 is 0 Å². The zero-order valence-corrected chi connectivity index (χ0v) is 11.4. The smallest absolute Gasteiger partial charge is 0.155 e. The highest BCUT2D eigenvalue weighted by molar-refractivity contribution is 5.24. The molecule has 0 bridgehead atoms. The van der Waals surface area contributed by atoms with Crippen molar-refractivity contribution < 1.29 is 14.2 Å². The standard InChI is InChI=1S/C15H22O3/c1-4-14-15(10-16-12(3)18-14)17-9-13-8-6-5-7-11(13)2/h5-8,12,14-15H,4,9-10H2,1-3H3/t12-,14+,15+/m0/s1. The molecule has 1 aliphatic rings. The predicted octanol–water partition coefficient (Wildman–Crippen LogP) is 3.05. The Labute approximate surface area is 109 Å². The zero-order chi connectivity index (χ0) is 13.0. The highest BCUT2D eigenvalue weighted by atomic mass is 16.7. The number of ether oxygens (including phenoxy) is 3. The average molecular weight is 250 g/mol. The summed E-state index contributed by atoms with van der Waals surface area (Å²) in [6.45, 7) is 7.39. The van der Waals surface area contributed by atoms with Crippen molar-refractivity contribution in [3.8, 4) is 0 Å². The zero-order valence-electron chi connectivity index (χ0n) is 11.4. The van der Waals surface area contributed by atoms with Crippen molar-refractivity contribution in [3.63, 3.8) is 0 Å². The second-order valence-electron chi connectivity index (χ2n) is 4.76. The van der Waals surface area contributed by atoms with Crippen molar-refractivity contribution in [2.45, 2.75) is 52.3 Å². The van der Waals surface area contributed by atoms with E-state index in [-0.39, 0.29) is 18.5 Å². The van der Waals surface area contributed by atoms with Gasteiger partial charge in [0.05, 0.1) is 19.3 Å². The van der Waals surface area contributed by atoms with Gasteiger partial charge in [0.15, 0.2) is 6.29 Å². The Morgan fingerprint density at radius 3 is 2.83 bits per heavy atom. The number of hydrogen-bond acceptors (Lipinski definition) is 3. The van der Waals surface area contributed by atoms with Gasteiger partial charge in [-0.2, -0.15) is 0 Å². The highest BCUT2D eigenvalue weighted by Crippen LogP contribution is 2.20. The van der Waals surface area contributed by atoms with E-state index < -0.39 is 0 Å². The molecule has 0 radical (unpaired) electrons. The van der Waals surface area contributed by atoms with E-state index >= 15 is 0 Å². The van der Waals surface area contributed by atoms with Crippen LogP contribution in [-0.2, 0) is 20.8 Å². The number of rotatable bonds is 4. The largest absolute Gasteiger partial charge is 0.368 e. The maximum Gasteiger partial charge on any atom is 0.155 e. The van der Waals surface area contributed by atoms with Gasteiger partial charge in [-0.05, 0) is 31.4 Å². The second-order valence-corrected chi connectivity index (χ2v) is 4.76. The van der Waals surface area contributed by atoms with Crippen molar-refractivity contribution in [2.75, 3.05) is 6.61 Å².